The molecule has 12 heteroatoms. The Morgan fingerprint density at radius 1 is 1.24 bits per heavy atom. The summed E-state index contributed by atoms with van der Waals surface area (Å²) < 4.78 is 8.62. The highest BCUT2D eigenvalue weighted by Gasteiger charge is 2.65. The number of nitrogens with zero attached hydrogens (tertiary/aromatic N) is 4. The molecule has 0 radical (unpaired) electrons. The molecule has 6 atom stereocenters. The lowest BCUT2D eigenvalue weighted by Gasteiger charge is -2.32. The highest BCUT2D eigenvalue weighted by Crippen LogP contribution is 2.59. The number of fused-ring (bicyclic) bond motifs is 2. The highest BCUT2D eigenvalue weighted by molar-refractivity contribution is 6.71. The molecule has 2 amide bonds. The number of benzene rings is 2. The number of aliphatic hydroxyl groups excluding tert-OH is 1. The fraction of sp³-hybridized carbons (Fsp3) is 0.515. The maximum Gasteiger partial charge on any atom is 0.264 e. The average Bonchev–Trinajstić information content (AvgIpc) is 3.68. The molecular formula is C33H44N6O5Si. The van der Waals surface area contributed by atoms with Crippen molar-refractivity contribution < 1.29 is 24.2 Å². The molecule has 2 fully saturated rings. The molecule has 0 aliphatic carbocycles. The Kier molecular flexibility index (Phi) is 8.70. The summed E-state index contributed by atoms with van der Waals surface area (Å²) >= 11 is 0. The second kappa shape index (κ2) is 12.4. The minimum Gasteiger partial charge on any atom is -0.432 e. The van der Waals surface area contributed by atoms with E-state index in [2.05, 4.69) is 20.9 Å². The molecule has 3 aromatic rings. The Hall–Kier alpha value is -3.42. The van der Waals surface area contributed by atoms with Gasteiger partial charge in [0.15, 0.2) is 13.9 Å². The molecule has 240 valence electrons. The monoisotopic (exact) mass is 632 g/mol. The lowest BCUT2D eigenvalue weighted by Crippen LogP contribution is -2.45. The van der Waals surface area contributed by atoms with E-state index in [1.807, 2.05) is 74.7 Å². The zero-order chi connectivity index (χ0) is 31.9. The van der Waals surface area contributed by atoms with Gasteiger partial charge in [-0.2, -0.15) is 0 Å². The number of hydrogen-bond donors (Lipinski definition) is 4. The highest BCUT2D eigenvalue weighted by atomic mass is 28.4. The molecule has 2 saturated heterocycles. The number of aliphatic hydroxyl groups is 1. The van der Waals surface area contributed by atoms with E-state index < -0.39 is 20.0 Å². The number of rotatable bonds is 9. The number of likely N-dealkylation sites (N-methyl/N-ethyl adjacent to an activating group) is 1. The minimum absolute atomic E-state index is 0.0307. The van der Waals surface area contributed by atoms with Crippen LogP contribution in [0.5, 0.6) is 0 Å². The largest absolute Gasteiger partial charge is 0.432 e. The van der Waals surface area contributed by atoms with Crippen LogP contribution in [0.15, 0.2) is 54.7 Å². The van der Waals surface area contributed by atoms with E-state index in [4.69, 9.17) is 4.74 Å². The van der Waals surface area contributed by atoms with Crippen LogP contribution in [0.2, 0.25) is 18.6 Å². The van der Waals surface area contributed by atoms with Crippen LogP contribution in [-0.4, -0.2) is 77.9 Å². The molecule has 3 aliphatic heterocycles. The van der Waals surface area contributed by atoms with Gasteiger partial charge >= 0.3 is 0 Å². The second-order valence-corrected chi connectivity index (χ2v) is 17.3. The SMILES string of the molecule is C[C@H]1[C@H]([Si](C)(C)O)[C@@H](CCn2cc(C(CO)c3ccccc3)nn2)O[C@]12C(=O)N(C)c1ccc(NC(=O)C3CCCNC3)cc12. The predicted octanol–water partition coefficient (Wildman–Crippen LogP) is 3.20. The maximum absolute atomic E-state index is 14.1. The lowest BCUT2D eigenvalue weighted by molar-refractivity contribution is -0.145. The zero-order valence-electron chi connectivity index (χ0n) is 26.4. The van der Waals surface area contributed by atoms with Crippen molar-refractivity contribution in [2.75, 3.05) is 37.0 Å². The first kappa shape index (κ1) is 31.6. The first-order chi connectivity index (χ1) is 21.5. The van der Waals surface area contributed by atoms with Crippen LogP contribution in [0.3, 0.4) is 0 Å². The fourth-order valence-corrected chi connectivity index (χ4v) is 10.4. The zero-order valence-corrected chi connectivity index (χ0v) is 27.4. The van der Waals surface area contributed by atoms with Gasteiger partial charge in [-0.3, -0.25) is 14.3 Å². The van der Waals surface area contributed by atoms with Crippen molar-refractivity contribution in [3.8, 4) is 0 Å². The van der Waals surface area contributed by atoms with Crippen LogP contribution in [0.25, 0.3) is 0 Å². The fourth-order valence-electron chi connectivity index (χ4n) is 7.75. The van der Waals surface area contributed by atoms with Gasteiger partial charge in [-0.1, -0.05) is 42.5 Å². The Balaban J connectivity index is 1.26. The van der Waals surface area contributed by atoms with Crippen LogP contribution in [0, 0.1) is 11.8 Å². The molecule has 4 N–H and O–H groups in total. The normalized spacial score (nSPS) is 27.2. The van der Waals surface area contributed by atoms with Gasteiger partial charge < -0.3 is 30.2 Å². The Bertz CT molecular complexity index is 1540. The number of aryl methyl sites for hydroxylation is 1. The van der Waals surface area contributed by atoms with Gasteiger partial charge in [0.1, 0.15) is 0 Å². The van der Waals surface area contributed by atoms with Crippen molar-refractivity contribution in [1.29, 1.82) is 0 Å². The van der Waals surface area contributed by atoms with Crippen LogP contribution in [0.1, 0.15) is 48.9 Å². The molecule has 4 heterocycles. The lowest BCUT2D eigenvalue weighted by atomic mass is 9.82. The summed E-state index contributed by atoms with van der Waals surface area (Å²) in [4.78, 5) is 40.4. The number of amides is 2. The molecule has 2 unspecified atom stereocenters. The number of aromatic nitrogens is 3. The Labute approximate surface area is 265 Å². The molecule has 1 aromatic heterocycles. The number of piperidine rings is 1. The Morgan fingerprint density at radius 3 is 2.71 bits per heavy atom. The predicted molar refractivity (Wildman–Crippen MR) is 173 cm³/mol. The Morgan fingerprint density at radius 2 is 2.02 bits per heavy atom. The number of ether oxygens (including phenoxy) is 1. The summed E-state index contributed by atoms with van der Waals surface area (Å²) in [5, 5.41) is 25.2. The number of carbonyl (C=O) groups is 2. The summed E-state index contributed by atoms with van der Waals surface area (Å²) in [7, 11) is -1.08. The van der Waals surface area contributed by atoms with Gasteiger partial charge in [0.2, 0.25) is 5.91 Å². The third kappa shape index (κ3) is 5.74. The van der Waals surface area contributed by atoms with Crippen molar-refractivity contribution in [3.63, 3.8) is 0 Å². The molecule has 3 aliphatic rings. The molecule has 2 aromatic carbocycles. The number of hydrogen-bond acceptors (Lipinski definition) is 8. The van der Waals surface area contributed by atoms with Crippen molar-refractivity contribution >= 4 is 31.5 Å². The standard InChI is InChI=1S/C33H44N6O5Si/c1-21-30(45(3,4)43)29(14-16-39-19-27(36-37-39)25(20-40)22-9-6-5-7-10-22)44-33(21)26-17-24(12-13-28(26)38(2)32(33)42)35-31(41)23-11-8-15-34-18-23/h5-7,9-10,12-13,17,19,21,23,25,29-30,34,40,43H,8,11,14-16,18,20H2,1-4H3,(H,35,41)/t21-,23?,25?,29+,30-,33+/m0/s1. The van der Waals surface area contributed by atoms with Crippen molar-refractivity contribution in [2.24, 2.45) is 11.8 Å². The van der Waals surface area contributed by atoms with E-state index in [0.29, 0.717) is 30.9 Å². The van der Waals surface area contributed by atoms with Crippen LogP contribution < -0.4 is 15.5 Å². The molecule has 45 heavy (non-hydrogen) atoms. The number of nitrogens with one attached hydrogen (secondary N) is 2. The van der Waals surface area contributed by atoms with Gasteiger partial charge in [-0.05, 0) is 62.7 Å². The molecule has 1 spiro atoms. The van der Waals surface area contributed by atoms with Crippen LogP contribution in [0.4, 0.5) is 11.4 Å². The quantitative estimate of drug-likeness (QED) is 0.264. The van der Waals surface area contributed by atoms with Gasteiger partial charge in [-0.25, -0.2) is 0 Å². The van der Waals surface area contributed by atoms with Crippen molar-refractivity contribution in [2.45, 2.75) is 69.0 Å². The van der Waals surface area contributed by atoms with E-state index >= 15 is 0 Å². The molecule has 0 saturated carbocycles. The summed E-state index contributed by atoms with van der Waals surface area (Å²) in [6.45, 7) is 7.78. The topological polar surface area (TPSA) is 142 Å². The first-order valence-corrected chi connectivity index (χ1v) is 19.0. The van der Waals surface area contributed by atoms with Crippen molar-refractivity contribution in [1.82, 2.24) is 20.3 Å². The molecule has 0 bridgehead atoms. The summed E-state index contributed by atoms with van der Waals surface area (Å²) in [6, 6.07) is 15.3. The maximum atomic E-state index is 14.1. The van der Waals surface area contributed by atoms with E-state index in [1.165, 1.54) is 0 Å². The van der Waals surface area contributed by atoms with Gasteiger partial charge in [0.25, 0.3) is 5.91 Å². The average molecular weight is 633 g/mol. The summed E-state index contributed by atoms with van der Waals surface area (Å²) in [5.74, 6) is -0.875. The summed E-state index contributed by atoms with van der Waals surface area (Å²) in [5.41, 5.74) is 2.24. The van der Waals surface area contributed by atoms with E-state index in [1.54, 1.807) is 16.6 Å². The van der Waals surface area contributed by atoms with Crippen LogP contribution in [-0.2, 0) is 26.5 Å². The van der Waals surface area contributed by atoms with E-state index in [9.17, 15) is 19.5 Å². The number of carbonyl (C=O) groups excluding carboxylic acids is 2. The molecular weight excluding hydrogens is 588 g/mol. The minimum atomic E-state index is -2.83. The van der Waals surface area contributed by atoms with Gasteiger partial charge in [0, 0.05) is 49.0 Å². The smallest absolute Gasteiger partial charge is 0.264 e. The van der Waals surface area contributed by atoms with Crippen molar-refractivity contribution in [3.05, 3.63) is 71.5 Å². The van der Waals surface area contributed by atoms with Crippen LogP contribution >= 0.6 is 0 Å². The van der Waals surface area contributed by atoms with E-state index in [0.717, 1.165) is 36.2 Å². The van der Waals surface area contributed by atoms with Gasteiger partial charge in [-0.15, -0.1) is 5.10 Å². The summed E-state index contributed by atoms with van der Waals surface area (Å²) in [6.07, 6.45) is 3.76. The third-order valence-electron chi connectivity index (χ3n) is 9.99. The second-order valence-electron chi connectivity index (χ2n) is 13.3. The molecule has 11 nitrogen and oxygen atoms in total. The number of anilines is 2. The third-order valence-corrected chi connectivity index (χ3v) is 12.5. The van der Waals surface area contributed by atoms with E-state index in [-0.39, 0.29) is 41.7 Å². The van der Waals surface area contributed by atoms with Gasteiger partial charge in [0.05, 0.1) is 35.9 Å². The first-order valence-electron chi connectivity index (χ1n) is 15.9. The molecule has 6 rings (SSSR count).